The van der Waals surface area contributed by atoms with E-state index in [0.29, 0.717) is 19.3 Å². The average Bonchev–Trinajstić information content (AvgIpc) is 3.31. The van der Waals surface area contributed by atoms with Crippen molar-refractivity contribution >= 4 is 17.9 Å². The number of unbranched alkanes of at least 4 members (excludes halogenated alkanes) is 27. The molecule has 0 heterocycles. The number of allylic oxidation sites excluding steroid dienone is 12. The normalized spacial score (nSPS) is 12.6. The first-order valence-corrected chi connectivity index (χ1v) is 27.9. The van der Waals surface area contributed by atoms with Crippen molar-refractivity contribution in [2.24, 2.45) is 0 Å². The highest BCUT2D eigenvalue weighted by atomic mass is 16.6. The smallest absolute Gasteiger partial charge is 0.306 e. The largest absolute Gasteiger partial charge is 0.462 e. The van der Waals surface area contributed by atoms with Gasteiger partial charge >= 0.3 is 17.9 Å². The molecule has 0 bridgehead atoms. The van der Waals surface area contributed by atoms with E-state index in [9.17, 15) is 14.4 Å². The molecule has 1 unspecified atom stereocenters. The van der Waals surface area contributed by atoms with Crippen molar-refractivity contribution in [1.29, 1.82) is 0 Å². The standard InChI is InChI=1S/C60H104O6/c1-4-7-10-13-16-19-22-24-26-28-30-32-34-36-38-41-44-47-50-53-59(62)65-56-57(55-64-58(61)52-49-46-43-40-21-18-15-12-9-6-3)66-60(63)54-51-48-45-42-39-37-35-33-31-29-27-25-23-20-17-14-11-8-5-2/h12,15-17,19-20,24-27,30,32,57H,4-11,13-14,18,21-23,28-29,31,33-56H2,1-3H3/b15-12-,19-16-,20-17-,26-24-,27-25-,32-30-. The fraction of sp³-hybridized carbons (Fsp3) is 0.750. The van der Waals surface area contributed by atoms with E-state index < -0.39 is 6.10 Å². The van der Waals surface area contributed by atoms with Crippen LogP contribution in [0.15, 0.2) is 72.9 Å². The summed E-state index contributed by atoms with van der Waals surface area (Å²) in [5.74, 6) is -0.908. The van der Waals surface area contributed by atoms with Gasteiger partial charge in [-0.1, -0.05) is 216 Å². The second-order valence-electron chi connectivity index (χ2n) is 18.5. The van der Waals surface area contributed by atoms with Crippen molar-refractivity contribution in [2.45, 2.75) is 277 Å². The zero-order valence-electron chi connectivity index (χ0n) is 43.4. The van der Waals surface area contributed by atoms with Gasteiger partial charge in [-0.25, -0.2) is 0 Å². The van der Waals surface area contributed by atoms with Crippen LogP contribution in [-0.2, 0) is 28.6 Å². The first-order chi connectivity index (χ1) is 32.5. The van der Waals surface area contributed by atoms with Crippen molar-refractivity contribution < 1.29 is 28.6 Å². The molecular weight excluding hydrogens is 817 g/mol. The van der Waals surface area contributed by atoms with Gasteiger partial charge in [0.1, 0.15) is 13.2 Å². The molecule has 0 amide bonds. The Hall–Kier alpha value is -3.15. The molecule has 0 aromatic rings. The Morgan fingerprint density at radius 3 is 0.924 bits per heavy atom. The second kappa shape index (κ2) is 54.5. The lowest BCUT2D eigenvalue weighted by Gasteiger charge is -2.18. The summed E-state index contributed by atoms with van der Waals surface area (Å²) in [6.45, 7) is 6.51. The quantitative estimate of drug-likeness (QED) is 0.0262. The van der Waals surface area contributed by atoms with Gasteiger partial charge in [0.25, 0.3) is 0 Å². The zero-order chi connectivity index (χ0) is 47.9. The molecular formula is C60H104O6. The molecule has 1 atom stereocenters. The Morgan fingerprint density at radius 2 is 0.576 bits per heavy atom. The van der Waals surface area contributed by atoms with E-state index in [-0.39, 0.29) is 31.1 Å². The van der Waals surface area contributed by atoms with Crippen molar-refractivity contribution in [3.8, 4) is 0 Å². The maximum Gasteiger partial charge on any atom is 0.306 e. The molecule has 0 radical (unpaired) electrons. The van der Waals surface area contributed by atoms with Crippen LogP contribution in [0.1, 0.15) is 271 Å². The third-order valence-corrected chi connectivity index (χ3v) is 11.9. The number of ether oxygens (including phenoxy) is 3. The van der Waals surface area contributed by atoms with E-state index in [0.717, 1.165) is 96.3 Å². The minimum atomic E-state index is -0.786. The molecule has 66 heavy (non-hydrogen) atoms. The fourth-order valence-electron chi connectivity index (χ4n) is 7.66. The number of carbonyl (C=O) groups is 3. The summed E-state index contributed by atoms with van der Waals surface area (Å²) in [4.78, 5) is 38.0. The Labute approximate surface area is 408 Å². The number of hydrogen-bond donors (Lipinski definition) is 0. The minimum Gasteiger partial charge on any atom is -0.462 e. The summed E-state index contributed by atoms with van der Waals surface area (Å²) < 4.78 is 16.8. The van der Waals surface area contributed by atoms with E-state index in [2.05, 4.69) is 93.7 Å². The van der Waals surface area contributed by atoms with Gasteiger partial charge in [-0.15, -0.1) is 0 Å². The van der Waals surface area contributed by atoms with Gasteiger partial charge in [-0.3, -0.25) is 14.4 Å². The van der Waals surface area contributed by atoms with Crippen molar-refractivity contribution in [1.82, 2.24) is 0 Å². The highest BCUT2D eigenvalue weighted by Gasteiger charge is 2.19. The number of hydrogen-bond acceptors (Lipinski definition) is 6. The monoisotopic (exact) mass is 921 g/mol. The predicted octanol–water partition coefficient (Wildman–Crippen LogP) is 18.6. The van der Waals surface area contributed by atoms with Gasteiger partial charge in [-0.2, -0.15) is 0 Å². The first-order valence-electron chi connectivity index (χ1n) is 27.9. The van der Waals surface area contributed by atoms with Crippen LogP contribution < -0.4 is 0 Å². The van der Waals surface area contributed by atoms with E-state index in [1.54, 1.807) is 0 Å². The van der Waals surface area contributed by atoms with Crippen molar-refractivity contribution in [2.75, 3.05) is 13.2 Å². The minimum absolute atomic E-state index is 0.0858. The third kappa shape index (κ3) is 51.8. The summed E-state index contributed by atoms with van der Waals surface area (Å²) in [6, 6.07) is 0. The average molecular weight is 921 g/mol. The highest BCUT2D eigenvalue weighted by Crippen LogP contribution is 2.15. The Balaban J connectivity index is 4.35. The van der Waals surface area contributed by atoms with Crippen LogP contribution >= 0.6 is 0 Å². The maximum atomic E-state index is 12.8. The van der Waals surface area contributed by atoms with Gasteiger partial charge in [0.05, 0.1) is 0 Å². The third-order valence-electron chi connectivity index (χ3n) is 11.9. The van der Waals surface area contributed by atoms with E-state index in [4.69, 9.17) is 14.2 Å². The SMILES string of the molecule is CCC/C=C\CCCCCCCC(=O)OCC(COC(=O)CCCCCCCC/C=C\C/C=C\C/C=C\CCCCC)OC(=O)CCCCCCCCCCC/C=C\C/C=C\CCCCC. The summed E-state index contributed by atoms with van der Waals surface area (Å²) in [6.07, 6.45) is 68.9. The molecule has 0 aliphatic rings. The highest BCUT2D eigenvalue weighted by molar-refractivity contribution is 5.71. The molecule has 0 aromatic heterocycles. The van der Waals surface area contributed by atoms with Crippen LogP contribution in [0.5, 0.6) is 0 Å². The molecule has 0 N–H and O–H groups in total. The van der Waals surface area contributed by atoms with Gasteiger partial charge < -0.3 is 14.2 Å². The topological polar surface area (TPSA) is 78.9 Å². The van der Waals surface area contributed by atoms with Crippen LogP contribution in [0.4, 0.5) is 0 Å². The van der Waals surface area contributed by atoms with Crippen LogP contribution in [0.2, 0.25) is 0 Å². The summed E-state index contributed by atoms with van der Waals surface area (Å²) in [5.41, 5.74) is 0. The Morgan fingerprint density at radius 1 is 0.303 bits per heavy atom. The lowest BCUT2D eigenvalue weighted by atomic mass is 10.1. The Bertz CT molecular complexity index is 1240. The van der Waals surface area contributed by atoms with Gasteiger partial charge in [0, 0.05) is 19.3 Å². The number of carbonyl (C=O) groups excluding carboxylic acids is 3. The van der Waals surface area contributed by atoms with Crippen molar-refractivity contribution in [3.05, 3.63) is 72.9 Å². The maximum absolute atomic E-state index is 12.8. The van der Waals surface area contributed by atoms with Crippen LogP contribution in [0.3, 0.4) is 0 Å². The molecule has 0 fully saturated rings. The summed E-state index contributed by atoms with van der Waals surface area (Å²) in [5, 5.41) is 0. The van der Waals surface area contributed by atoms with Gasteiger partial charge in [-0.05, 0) is 109 Å². The number of rotatable bonds is 50. The van der Waals surface area contributed by atoms with E-state index in [1.165, 1.54) is 135 Å². The summed E-state index contributed by atoms with van der Waals surface area (Å²) in [7, 11) is 0. The fourth-order valence-corrected chi connectivity index (χ4v) is 7.66. The van der Waals surface area contributed by atoms with Crippen molar-refractivity contribution in [3.63, 3.8) is 0 Å². The lowest BCUT2D eigenvalue weighted by Crippen LogP contribution is -2.30. The molecule has 380 valence electrons. The summed E-state index contributed by atoms with van der Waals surface area (Å²) >= 11 is 0. The van der Waals surface area contributed by atoms with Crippen LogP contribution in [-0.4, -0.2) is 37.2 Å². The molecule has 0 aromatic carbocycles. The molecule has 0 saturated heterocycles. The Kier molecular flexibility index (Phi) is 51.9. The van der Waals surface area contributed by atoms with Gasteiger partial charge in [0.2, 0.25) is 0 Å². The van der Waals surface area contributed by atoms with Crippen LogP contribution in [0, 0.1) is 0 Å². The molecule has 0 saturated carbocycles. The molecule has 6 heteroatoms. The first kappa shape index (κ1) is 62.8. The van der Waals surface area contributed by atoms with E-state index >= 15 is 0 Å². The zero-order valence-corrected chi connectivity index (χ0v) is 43.4. The molecule has 0 aliphatic carbocycles. The van der Waals surface area contributed by atoms with E-state index in [1.807, 2.05) is 0 Å². The molecule has 0 spiro atoms. The number of esters is 3. The molecule has 0 aliphatic heterocycles. The second-order valence-corrected chi connectivity index (χ2v) is 18.5. The molecule has 0 rings (SSSR count). The lowest BCUT2D eigenvalue weighted by molar-refractivity contribution is -0.167. The van der Waals surface area contributed by atoms with Gasteiger partial charge in [0.15, 0.2) is 6.10 Å². The van der Waals surface area contributed by atoms with Crippen LogP contribution in [0.25, 0.3) is 0 Å². The predicted molar refractivity (Wildman–Crippen MR) is 284 cm³/mol. The molecule has 6 nitrogen and oxygen atoms in total.